The molecule has 1 heterocycles. The fraction of sp³-hybridized carbons (Fsp3) is 0.0588. The Hall–Kier alpha value is -3.15. The van der Waals surface area contributed by atoms with Gasteiger partial charge in [-0.3, -0.25) is 5.32 Å². The van der Waals surface area contributed by atoms with Gasteiger partial charge in [-0.15, -0.1) is 0 Å². The fourth-order valence-electron chi connectivity index (χ4n) is 2.09. The van der Waals surface area contributed by atoms with E-state index in [0.717, 1.165) is 0 Å². The van der Waals surface area contributed by atoms with Gasteiger partial charge in [0, 0.05) is 0 Å². The minimum atomic E-state index is -0.785. The van der Waals surface area contributed by atoms with E-state index in [1.807, 2.05) is 6.07 Å². The van der Waals surface area contributed by atoms with Gasteiger partial charge >= 0.3 is 6.09 Å². The van der Waals surface area contributed by atoms with Crippen molar-refractivity contribution in [2.75, 3.05) is 5.32 Å². The van der Waals surface area contributed by atoms with Crippen LogP contribution in [0.5, 0.6) is 5.75 Å². The van der Waals surface area contributed by atoms with Gasteiger partial charge in [-0.25, -0.2) is 13.9 Å². The van der Waals surface area contributed by atoms with Crippen molar-refractivity contribution in [3.05, 3.63) is 72.2 Å². The molecule has 3 rings (SSSR count). The molecule has 6 heteroatoms. The van der Waals surface area contributed by atoms with E-state index in [0.29, 0.717) is 11.4 Å². The molecule has 0 saturated heterocycles. The van der Waals surface area contributed by atoms with Gasteiger partial charge in [0.25, 0.3) is 0 Å². The monoisotopic (exact) mass is 311 g/mol. The molecular formula is C17H14FN3O2. The van der Waals surface area contributed by atoms with Crippen LogP contribution in [0.1, 0.15) is 5.69 Å². The van der Waals surface area contributed by atoms with Crippen LogP contribution in [0.15, 0.2) is 60.7 Å². The number of hydrogen-bond donors (Lipinski definition) is 1. The Bertz CT molecular complexity index is 817. The molecule has 116 valence electrons. The van der Waals surface area contributed by atoms with Crippen molar-refractivity contribution in [3.8, 4) is 11.4 Å². The number of anilines is 1. The first-order chi connectivity index (χ1) is 11.1. The molecule has 0 saturated carbocycles. The number of nitrogens with zero attached hydrogens (tertiary/aromatic N) is 2. The number of aryl methyl sites for hydroxylation is 1. The fourth-order valence-corrected chi connectivity index (χ4v) is 2.09. The van der Waals surface area contributed by atoms with Gasteiger partial charge in [0.05, 0.1) is 11.4 Å². The summed E-state index contributed by atoms with van der Waals surface area (Å²) < 4.78 is 20.7. The summed E-state index contributed by atoms with van der Waals surface area (Å²) in [7, 11) is 0. The predicted octanol–water partition coefficient (Wildman–Crippen LogP) is 3.93. The van der Waals surface area contributed by atoms with Crippen molar-refractivity contribution in [2.45, 2.75) is 6.92 Å². The van der Waals surface area contributed by atoms with Crippen molar-refractivity contribution in [1.82, 2.24) is 9.78 Å². The summed E-state index contributed by atoms with van der Waals surface area (Å²) in [6.07, 6.45) is -0.785. The Morgan fingerprint density at radius 3 is 2.35 bits per heavy atom. The van der Waals surface area contributed by atoms with Crippen LogP contribution in [0, 0.1) is 12.7 Å². The highest BCUT2D eigenvalue weighted by Crippen LogP contribution is 2.22. The van der Waals surface area contributed by atoms with E-state index in [4.69, 9.17) is 4.74 Å². The van der Waals surface area contributed by atoms with Crippen LogP contribution in [0.3, 0.4) is 0 Å². The standard InChI is InChI=1S/C17H14FN3O2/c1-12-15(18)16(21(20-12)13-8-4-2-5-9-13)19-17(22)23-14-10-6-3-7-11-14/h2-11H,1H3,(H,19,22). The minimum Gasteiger partial charge on any atom is -0.410 e. The van der Waals surface area contributed by atoms with Gasteiger partial charge in [0.15, 0.2) is 11.6 Å². The third-order valence-electron chi connectivity index (χ3n) is 3.16. The zero-order chi connectivity index (χ0) is 16.2. The third kappa shape index (κ3) is 3.21. The van der Waals surface area contributed by atoms with E-state index in [2.05, 4.69) is 10.4 Å². The number of nitrogens with one attached hydrogen (secondary N) is 1. The number of carbonyl (C=O) groups is 1. The molecule has 0 aliphatic heterocycles. The maximum absolute atomic E-state index is 14.3. The number of aromatic nitrogens is 2. The van der Waals surface area contributed by atoms with E-state index in [9.17, 15) is 9.18 Å². The Morgan fingerprint density at radius 1 is 1.09 bits per heavy atom. The molecule has 0 fully saturated rings. The number of benzene rings is 2. The first kappa shape index (κ1) is 14.8. The predicted molar refractivity (Wildman–Crippen MR) is 84.3 cm³/mol. The normalized spacial score (nSPS) is 10.3. The van der Waals surface area contributed by atoms with Crippen molar-refractivity contribution in [1.29, 1.82) is 0 Å². The number of rotatable bonds is 3. The second-order valence-corrected chi connectivity index (χ2v) is 4.82. The lowest BCUT2D eigenvalue weighted by Gasteiger charge is -2.09. The van der Waals surface area contributed by atoms with Crippen molar-refractivity contribution < 1.29 is 13.9 Å². The van der Waals surface area contributed by atoms with Crippen LogP contribution in [-0.4, -0.2) is 15.9 Å². The Morgan fingerprint density at radius 2 is 1.70 bits per heavy atom. The molecule has 0 spiro atoms. The summed E-state index contributed by atoms with van der Waals surface area (Å²) in [6, 6.07) is 17.5. The van der Waals surface area contributed by atoms with Crippen LogP contribution in [-0.2, 0) is 0 Å². The summed E-state index contributed by atoms with van der Waals surface area (Å²) in [5.74, 6) is -0.290. The lowest BCUT2D eigenvalue weighted by molar-refractivity contribution is 0.215. The SMILES string of the molecule is Cc1nn(-c2ccccc2)c(NC(=O)Oc2ccccc2)c1F. The van der Waals surface area contributed by atoms with Crippen molar-refractivity contribution in [2.24, 2.45) is 0 Å². The molecule has 1 aromatic heterocycles. The summed E-state index contributed by atoms with van der Waals surface area (Å²) in [5.41, 5.74) is 0.818. The number of hydrogen-bond acceptors (Lipinski definition) is 3. The second kappa shape index (κ2) is 6.31. The van der Waals surface area contributed by atoms with Gasteiger partial charge in [-0.1, -0.05) is 36.4 Å². The first-order valence-corrected chi connectivity index (χ1v) is 6.99. The number of halogens is 1. The zero-order valence-corrected chi connectivity index (χ0v) is 12.4. The minimum absolute atomic E-state index is 0.0605. The topological polar surface area (TPSA) is 56.2 Å². The number of carbonyl (C=O) groups excluding carboxylic acids is 1. The van der Waals surface area contributed by atoms with Crippen molar-refractivity contribution in [3.63, 3.8) is 0 Å². The molecule has 5 nitrogen and oxygen atoms in total. The lowest BCUT2D eigenvalue weighted by Crippen LogP contribution is -2.19. The van der Waals surface area contributed by atoms with E-state index >= 15 is 0 Å². The quantitative estimate of drug-likeness (QED) is 0.797. The van der Waals surface area contributed by atoms with Gasteiger partial charge < -0.3 is 4.74 Å². The highest BCUT2D eigenvalue weighted by Gasteiger charge is 2.19. The van der Waals surface area contributed by atoms with E-state index in [-0.39, 0.29) is 11.5 Å². The number of ether oxygens (including phenoxy) is 1. The smallest absolute Gasteiger partial charge is 0.410 e. The highest BCUT2D eigenvalue weighted by molar-refractivity contribution is 5.85. The maximum atomic E-state index is 14.3. The molecule has 0 aliphatic rings. The summed E-state index contributed by atoms with van der Waals surface area (Å²) >= 11 is 0. The highest BCUT2D eigenvalue weighted by atomic mass is 19.1. The average molecular weight is 311 g/mol. The molecule has 1 amide bonds. The molecule has 0 bridgehead atoms. The van der Waals surface area contributed by atoms with Crippen LogP contribution in [0.25, 0.3) is 5.69 Å². The molecule has 0 aliphatic carbocycles. The van der Waals surface area contributed by atoms with Crippen LogP contribution < -0.4 is 10.1 Å². The average Bonchev–Trinajstić information content (AvgIpc) is 2.85. The molecule has 1 N–H and O–H groups in total. The molecule has 23 heavy (non-hydrogen) atoms. The molecule has 0 radical (unpaired) electrons. The van der Waals surface area contributed by atoms with E-state index in [1.54, 1.807) is 54.6 Å². The maximum Gasteiger partial charge on any atom is 0.418 e. The Balaban J connectivity index is 1.86. The zero-order valence-electron chi connectivity index (χ0n) is 12.4. The summed E-state index contributed by atoms with van der Waals surface area (Å²) in [4.78, 5) is 12.0. The number of para-hydroxylation sites is 2. The van der Waals surface area contributed by atoms with Crippen LogP contribution >= 0.6 is 0 Å². The van der Waals surface area contributed by atoms with Crippen LogP contribution in [0.2, 0.25) is 0 Å². The molecule has 0 unspecified atom stereocenters. The van der Waals surface area contributed by atoms with Gasteiger partial charge in [0.2, 0.25) is 0 Å². The van der Waals surface area contributed by atoms with Gasteiger partial charge in [-0.05, 0) is 31.2 Å². The van der Waals surface area contributed by atoms with E-state index in [1.165, 1.54) is 11.6 Å². The molecule has 3 aromatic rings. The Labute approximate surface area is 132 Å². The third-order valence-corrected chi connectivity index (χ3v) is 3.16. The van der Waals surface area contributed by atoms with E-state index < -0.39 is 11.9 Å². The summed E-state index contributed by atoms with van der Waals surface area (Å²) in [6.45, 7) is 1.53. The van der Waals surface area contributed by atoms with Gasteiger partial charge in [-0.2, -0.15) is 5.10 Å². The number of amides is 1. The Kier molecular flexibility index (Phi) is 4.05. The van der Waals surface area contributed by atoms with Crippen molar-refractivity contribution >= 4 is 11.9 Å². The lowest BCUT2D eigenvalue weighted by atomic mass is 10.3. The second-order valence-electron chi connectivity index (χ2n) is 4.82. The molecular weight excluding hydrogens is 297 g/mol. The van der Waals surface area contributed by atoms with Crippen LogP contribution in [0.4, 0.5) is 15.0 Å². The molecule has 2 aromatic carbocycles. The van der Waals surface area contributed by atoms with Gasteiger partial charge in [0.1, 0.15) is 5.75 Å². The first-order valence-electron chi connectivity index (χ1n) is 6.99. The summed E-state index contributed by atoms with van der Waals surface area (Å²) in [5, 5.41) is 6.52. The largest absolute Gasteiger partial charge is 0.418 e. The molecule has 0 atom stereocenters.